The third kappa shape index (κ3) is 7.38. The lowest BCUT2D eigenvalue weighted by Gasteiger charge is -2.37. The summed E-state index contributed by atoms with van der Waals surface area (Å²) in [5.41, 5.74) is -1.78. The smallest absolute Gasteiger partial charge is 0.396 e. The van der Waals surface area contributed by atoms with Crippen LogP contribution < -0.4 is 0 Å². The highest BCUT2D eigenvalue weighted by Crippen LogP contribution is 2.27. The lowest BCUT2D eigenvalue weighted by Crippen LogP contribution is -2.52. The summed E-state index contributed by atoms with van der Waals surface area (Å²) in [6.07, 6.45) is -1.06. The molecule has 0 aromatic rings. The molecule has 0 radical (unpaired) electrons. The Morgan fingerprint density at radius 1 is 0.767 bits per heavy atom. The molecule has 0 aromatic heterocycles. The van der Waals surface area contributed by atoms with E-state index in [-0.39, 0.29) is 16.7 Å². The molecule has 3 N–H and O–H groups in total. The van der Waals surface area contributed by atoms with Crippen LogP contribution in [-0.4, -0.2) is 71.7 Å². The molecule has 1 unspecified atom stereocenters. The normalized spacial score (nSPS) is 12.5. The minimum atomic E-state index is -2.69. The fourth-order valence-electron chi connectivity index (χ4n) is 1.78. The minimum Gasteiger partial charge on any atom is -0.396 e. The second-order valence-electron chi connectivity index (χ2n) is 6.98. The van der Waals surface area contributed by atoms with Crippen LogP contribution in [0.25, 0.3) is 0 Å². The molecule has 1 atom stereocenters. The fourth-order valence-corrected chi connectivity index (χ4v) is 1.78. The molecular weight excluding hydrogens is 400 g/mol. The summed E-state index contributed by atoms with van der Waals surface area (Å²) in [7, 11) is 0. The standard InChI is InChI=1S/C20H30O10/c1-12(2)16(24)28-20(29-17(25)13(3)4,30-18(26)14(5)6)11-27-15(7)19(8-21,9-22)10-23/h15,21-23H,1,3,5,8-11H2,2,4,6-7H3. The maximum atomic E-state index is 12.1. The van der Waals surface area contributed by atoms with Gasteiger partial charge in [-0.15, -0.1) is 0 Å². The zero-order valence-electron chi connectivity index (χ0n) is 17.7. The van der Waals surface area contributed by atoms with Gasteiger partial charge in [-0.05, 0) is 27.7 Å². The average molecular weight is 430 g/mol. The Labute approximate surface area is 175 Å². The number of ether oxygens (including phenoxy) is 4. The number of aliphatic hydroxyl groups excluding tert-OH is 3. The molecule has 0 amide bonds. The van der Waals surface area contributed by atoms with Crippen LogP contribution in [0, 0.1) is 5.41 Å². The zero-order chi connectivity index (χ0) is 23.7. The van der Waals surface area contributed by atoms with E-state index in [0.29, 0.717) is 0 Å². The average Bonchev–Trinajstić information content (AvgIpc) is 2.67. The molecule has 10 heteroatoms. The second kappa shape index (κ2) is 11.6. The van der Waals surface area contributed by atoms with Crippen molar-refractivity contribution >= 4 is 17.9 Å². The van der Waals surface area contributed by atoms with E-state index in [1.165, 1.54) is 27.7 Å². The van der Waals surface area contributed by atoms with Gasteiger partial charge in [-0.3, -0.25) is 0 Å². The Balaban J connectivity index is 6.10. The van der Waals surface area contributed by atoms with E-state index in [4.69, 9.17) is 18.9 Å². The van der Waals surface area contributed by atoms with Crippen molar-refractivity contribution < 1.29 is 48.7 Å². The highest BCUT2D eigenvalue weighted by Gasteiger charge is 2.47. The van der Waals surface area contributed by atoms with Gasteiger partial charge in [0.15, 0.2) is 6.61 Å². The molecule has 0 spiro atoms. The molecule has 0 saturated heterocycles. The van der Waals surface area contributed by atoms with Crippen molar-refractivity contribution in [1.82, 2.24) is 0 Å². The monoisotopic (exact) mass is 430 g/mol. The lowest BCUT2D eigenvalue weighted by atomic mass is 9.85. The summed E-state index contributed by atoms with van der Waals surface area (Å²) >= 11 is 0. The van der Waals surface area contributed by atoms with Crippen LogP contribution in [-0.2, 0) is 33.3 Å². The van der Waals surface area contributed by atoms with Crippen LogP contribution in [0.15, 0.2) is 36.5 Å². The van der Waals surface area contributed by atoms with Gasteiger partial charge in [0.05, 0.1) is 31.3 Å². The van der Waals surface area contributed by atoms with E-state index in [2.05, 4.69) is 19.7 Å². The minimum absolute atomic E-state index is 0.0967. The number of hydrogen-bond donors (Lipinski definition) is 3. The van der Waals surface area contributed by atoms with Crippen molar-refractivity contribution in [3.63, 3.8) is 0 Å². The zero-order valence-corrected chi connectivity index (χ0v) is 17.7. The van der Waals surface area contributed by atoms with Gasteiger partial charge in [0, 0.05) is 16.7 Å². The van der Waals surface area contributed by atoms with Crippen molar-refractivity contribution in [3.8, 4) is 0 Å². The first-order valence-corrected chi connectivity index (χ1v) is 8.90. The number of aliphatic hydroxyl groups is 3. The molecular formula is C20H30O10. The van der Waals surface area contributed by atoms with Crippen LogP contribution >= 0.6 is 0 Å². The third-order valence-electron chi connectivity index (χ3n) is 4.11. The van der Waals surface area contributed by atoms with E-state index in [9.17, 15) is 29.7 Å². The first kappa shape index (κ1) is 27.5. The number of rotatable bonds is 13. The summed E-state index contributed by atoms with van der Waals surface area (Å²) in [5, 5.41) is 28.6. The van der Waals surface area contributed by atoms with Gasteiger partial charge in [-0.25, -0.2) is 14.4 Å². The van der Waals surface area contributed by atoms with Crippen molar-refractivity contribution in [2.45, 2.75) is 39.8 Å². The molecule has 0 rings (SSSR count). The molecule has 10 nitrogen and oxygen atoms in total. The molecule has 0 fully saturated rings. The van der Waals surface area contributed by atoms with Gasteiger partial charge < -0.3 is 34.3 Å². The topological polar surface area (TPSA) is 149 Å². The highest BCUT2D eigenvalue weighted by atomic mass is 16.9. The quantitative estimate of drug-likeness (QED) is 0.212. The molecule has 0 aliphatic heterocycles. The van der Waals surface area contributed by atoms with E-state index in [1.807, 2.05) is 0 Å². The molecule has 170 valence electrons. The number of carbonyl (C=O) groups excluding carboxylic acids is 3. The number of carbonyl (C=O) groups is 3. The predicted octanol–water partition coefficient (Wildman–Crippen LogP) is 0.366. The third-order valence-corrected chi connectivity index (χ3v) is 4.11. The summed E-state index contributed by atoms with van der Waals surface area (Å²) in [4.78, 5) is 36.4. The van der Waals surface area contributed by atoms with E-state index < -0.39 is 61.8 Å². The molecule has 0 aliphatic rings. The Hall–Kier alpha value is -2.53. The van der Waals surface area contributed by atoms with Gasteiger partial charge in [0.25, 0.3) is 0 Å². The van der Waals surface area contributed by atoms with Crippen LogP contribution in [0.5, 0.6) is 0 Å². The van der Waals surface area contributed by atoms with Crippen molar-refractivity contribution in [1.29, 1.82) is 0 Å². The van der Waals surface area contributed by atoms with Gasteiger partial charge in [0.1, 0.15) is 0 Å². The maximum Gasteiger partial charge on any atom is 0.449 e. The van der Waals surface area contributed by atoms with Crippen molar-refractivity contribution in [2.24, 2.45) is 5.41 Å². The van der Waals surface area contributed by atoms with Gasteiger partial charge >= 0.3 is 23.9 Å². The molecule has 0 aliphatic carbocycles. The SMILES string of the molecule is C=C(C)C(=O)OC(COC(C)C(CO)(CO)CO)(OC(=O)C(=C)C)OC(=O)C(=C)C. The molecule has 0 saturated carbocycles. The van der Waals surface area contributed by atoms with Crippen LogP contribution in [0.1, 0.15) is 27.7 Å². The molecule has 0 heterocycles. The van der Waals surface area contributed by atoms with Crippen molar-refractivity contribution in [2.75, 3.05) is 26.4 Å². The molecule has 0 aromatic carbocycles. The summed E-state index contributed by atoms with van der Waals surface area (Å²) < 4.78 is 20.7. The van der Waals surface area contributed by atoms with Gasteiger partial charge in [-0.2, -0.15) is 0 Å². The lowest BCUT2D eigenvalue weighted by molar-refractivity contribution is -0.347. The number of hydrogen-bond acceptors (Lipinski definition) is 10. The van der Waals surface area contributed by atoms with Gasteiger partial charge in [0.2, 0.25) is 0 Å². The molecule has 30 heavy (non-hydrogen) atoms. The fraction of sp³-hybridized carbons (Fsp3) is 0.550. The Kier molecular flexibility index (Phi) is 10.6. The van der Waals surface area contributed by atoms with E-state index >= 15 is 0 Å². The highest BCUT2D eigenvalue weighted by molar-refractivity contribution is 5.90. The first-order valence-electron chi connectivity index (χ1n) is 8.90. The van der Waals surface area contributed by atoms with Crippen LogP contribution in [0.2, 0.25) is 0 Å². The summed E-state index contributed by atoms with van der Waals surface area (Å²) in [5.74, 6) is -5.88. The second-order valence-corrected chi connectivity index (χ2v) is 6.98. The maximum absolute atomic E-state index is 12.1. The van der Waals surface area contributed by atoms with E-state index in [1.54, 1.807) is 0 Å². The first-order chi connectivity index (χ1) is 13.8. The summed E-state index contributed by atoms with van der Waals surface area (Å²) in [6, 6.07) is 0. The molecule has 0 bridgehead atoms. The van der Waals surface area contributed by atoms with Crippen LogP contribution in [0.4, 0.5) is 0 Å². The largest absolute Gasteiger partial charge is 0.449 e. The number of esters is 3. The Bertz CT molecular complexity index is 612. The van der Waals surface area contributed by atoms with Gasteiger partial charge in [-0.1, -0.05) is 19.7 Å². The Morgan fingerprint density at radius 3 is 1.30 bits per heavy atom. The summed E-state index contributed by atoms with van der Waals surface area (Å²) in [6.45, 7) is 12.7. The Morgan fingerprint density at radius 2 is 1.07 bits per heavy atom. The van der Waals surface area contributed by atoms with Crippen LogP contribution in [0.3, 0.4) is 0 Å². The predicted molar refractivity (Wildman–Crippen MR) is 105 cm³/mol. The van der Waals surface area contributed by atoms with Crippen molar-refractivity contribution in [3.05, 3.63) is 36.5 Å². The van der Waals surface area contributed by atoms with E-state index in [0.717, 1.165) is 0 Å².